The summed E-state index contributed by atoms with van der Waals surface area (Å²) in [6, 6.07) is 6.22. The summed E-state index contributed by atoms with van der Waals surface area (Å²) in [5, 5.41) is 25.7. The molecular formula is C28H36N4O5. The van der Waals surface area contributed by atoms with Gasteiger partial charge in [0.05, 0.1) is 25.1 Å². The number of para-hydroxylation sites is 1. The molecule has 3 aliphatic rings. The smallest absolute Gasteiger partial charge is 0.233 e. The number of hydrogen-bond donors (Lipinski definition) is 4. The highest BCUT2D eigenvalue weighted by Gasteiger charge is 2.53. The van der Waals surface area contributed by atoms with Gasteiger partial charge in [-0.1, -0.05) is 43.2 Å². The van der Waals surface area contributed by atoms with Crippen molar-refractivity contribution >= 4 is 17.8 Å². The van der Waals surface area contributed by atoms with E-state index in [0.29, 0.717) is 25.2 Å². The van der Waals surface area contributed by atoms with E-state index in [9.17, 15) is 14.7 Å². The second kappa shape index (κ2) is 10.2. The van der Waals surface area contributed by atoms with Crippen molar-refractivity contribution in [3.8, 4) is 18.1 Å². The van der Waals surface area contributed by atoms with Crippen molar-refractivity contribution < 1.29 is 24.2 Å². The van der Waals surface area contributed by atoms with Crippen LogP contribution in [0.1, 0.15) is 51.6 Å². The minimum atomic E-state index is -0.951. The highest BCUT2D eigenvalue weighted by atomic mass is 16.5. The second-order valence-electron chi connectivity index (χ2n) is 10.5. The summed E-state index contributed by atoms with van der Waals surface area (Å²) in [6.07, 6.45) is 9.48. The fourth-order valence-corrected chi connectivity index (χ4v) is 5.28. The topological polar surface area (TPSA) is 124 Å². The van der Waals surface area contributed by atoms with Gasteiger partial charge < -0.3 is 25.2 Å². The Hall–Kier alpha value is -3.35. The third-order valence-corrected chi connectivity index (χ3v) is 7.66. The van der Waals surface area contributed by atoms with Gasteiger partial charge in [0.2, 0.25) is 11.8 Å². The summed E-state index contributed by atoms with van der Waals surface area (Å²) in [5.74, 6) is 2.17. The van der Waals surface area contributed by atoms with Crippen LogP contribution < -0.4 is 15.4 Å². The summed E-state index contributed by atoms with van der Waals surface area (Å²) >= 11 is 0. The van der Waals surface area contributed by atoms with Crippen LogP contribution in [0.3, 0.4) is 0 Å². The van der Waals surface area contributed by atoms with Crippen molar-refractivity contribution in [2.24, 2.45) is 11.8 Å². The molecule has 2 aliphatic heterocycles. The predicted molar refractivity (Wildman–Crippen MR) is 139 cm³/mol. The Morgan fingerprint density at radius 2 is 2.19 bits per heavy atom. The number of benzene rings is 1. The zero-order valence-electron chi connectivity index (χ0n) is 21.8. The van der Waals surface area contributed by atoms with Crippen molar-refractivity contribution in [2.45, 2.75) is 69.4 Å². The first-order valence-electron chi connectivity index (χ1n) is 12.7. The van der Waals surface area contributed by atoms with Crippen LogP contribution in [-0.4, -0.2) is 64.8 Å². The lowest BCUT2D eigenvalue weighted by Crippen LogP contribution is -2.64. The number of terminal acetylenes is 1. The molecular weight excluding hydrogens is 472 g/mol. The lowest BCUT2D eigenvalue weighted by Gasteiger charge is -2.42. The molecule has 0 spiro atoms. The van der Waals surface area contributed by atoms with Gasteiger partial charge in [-0.05, 0) is 38.7 Å². The number of ether oxygens (including phenoxy) is 2. The van der Waals surface area contributed by atoms with E-state index >= 15 is 0 Å². The molecule has 1 saturated heterocycles. The Morgan fingerprint density at radius 3 is 2.84 bits per heavy atom. The predicted octanol–water partition coefficient (Wildman–Crippen LogP) is 2.12. The molecule has 1 aromatic carbocycles. The minimum Gasteiger partial charge on any atom is -0.485 e. The van der Waals surface area contributed by atoms with Crippen molar-refractivity contribution in [2.75, 3.05) is 13.7 Å². The molecule has 4 rings (SSSR count). The summed E-state index contributed by atoms with van der Waals surface area (Å²) in [5.41, 5.74) is -1.05. The molecule has 1 unspecified atom stereocenters. The summed E-state index contributed by atoms with van der Waals surface area (Å²) in [4.78, 5) is 28.0. The van der Waals surface area contributed by atoms with Gasteiger partial charge in [0.15, 0.2) is 5.96 Å². The Morgan fingerprint density at radius 1 is 1.46 bits per heavy atom. The highest BCUT2D eigenvalue weighted by molar-refractivity contribution is 6.00. The van der Waals surface area contributed by atoms with Crippen LogP contribution in [0.25, 0.3) is 0 Å². The van der Waals surface area contributed by atoms with Crippen LogP contribution in [-0.2, 0) is 14.3 Å². The molecule has 1 aliphatic carbocycles. The number of rotatable bonds is 8. The summed E-state index contributed by atoms with van der Waals surface area (Å²) in [7, 11) is 1.57. The number of methoxy groups -OCH3 is 1. The van der Waals surface area contributed by atoms with E-state index < -0.39 is 29.3 Å². The molecule has 0 bridgehead atoms. The maximum Gasteiger partial charge on any atom is 0.233 e. The quantitative estimate of drug-likeness (QED) is 0.315. The van der Waals surface area contributed by atoms with Gasteiger partial charge in [-0.15, -0.1) is 6.42 Å². The number of fused-ring (bicyclic) bond motifs is 1. The Labute approximate surface area is 218 Å². The molecule has 4 N–H and O–H groups in total. The number of nitrogens with zero attached hydrogens (tertiary/aromatic N) is 1. The van der Waals surface area contributed by atoms with E-state index in [4.69, 9.17) is 21.3 Å². The lowest BCUT2D eigenvalue weighted by atomic mass is 9.86. The number of aliphatic hydroxyl groups is 1. The Kier molecular flexibility index (Phi) is 7.36. The van der Waals surface area contributed by atoms with E-state index in [0.717, 1.165) is 5.56 Å². The molecule has 9 heteroatoms. The standard InChI is InChI=1S/C28H36N4O5/c1-6-28(7-2)16-22(33)32(26(29)31-28)20(12-10-14-36-5)18-15-19(18)25(35)30-23-17-11-8-9-13-21(17)37-27(3,4)24(23)34/h1,8-13,18-20,23-24,34H,7,14-16H2,2-5H3,(H2,29,31)(H,30,35)/b12-10+/t18-,19-,20?,23-,24+,28-/m1/s1. The largest absolute Gasteiger partial charge is 0.485 e. The van der Waals surface area contributed by atoms with Crippen LogP contribution in [0, 0.1) is 29.6 Å². The second-order valence-corrected chi connectivity index (χ2v) is 10.5. The normalized spacial score (nSPS) is 31.1. The Balaban J connectivity index is 1.53. The first-order valence-corrected chi connectivity index (χ1v) is 12.7. The monoisotopic (exact) mass is 508 g/mol. The van der Waals surface area contributed by atoms with Crippen LogP contribution in [0.2, 0.25) is 0 Å². The summed E-state index contributed by atoms with van der Waals surface area (Å²) < 4.78 is 11.1. The third-order valence-electron chi connectivity index (χ3n) is 7.66. The van der Waals surface area contributed by atoms with Crippen molar-refractivity contribution in [1.82, 2.24) is 15.5 Å². The molecule has 2 fully saturated rings. The fraction of sp³-hybridized carbons (Fsp3) is 0.536. The molecule has 1 aromatic rings. The zero-order valence-corrected chi connectivity index (χ0v) is 21.8. The Bertz CT molecular complexity index is 1120. The molecule has 2 heterocycles. The minimum absolute atomic E-state index is 0.0651. The zero-order chi connectivity index (χ0) is 27.0. The van der Waals surface area contributed by atoms with Gasteiger partial charge in [-0.3, -0.25) is 19.9 Å². The number of guanidine groups is 1. The van der Waals surface area contributed by atoms with E-state index in [1.807, 2.05) is 37.3 Å². The van der Waals surface area contributed by atoms with E-state index in [1.54, 1.807) is 27.0 Å². The molecule has 0 radical (unpaired) electrons. The van der Waals surface area contributed by atoms with Crippen molar-refractivity contribution in [3.05, 3.63) is 42.0 Å². The van der Waals surface area contributed by atoms with Gasteiger partial charge in [0.1, 0.15) is 23.0 Å². The van der Waals surface area contributed by atoms with E-state index in [2.05, 4.69) is 16.6 Å². The molecule has 37 heavy (non-hydrogen) atoms. The molecule has 1 saturated carbocycles. The van der Waals surface area contributed by atoms with Crippen LogP contribution in [0.4, 0.5) is 0 Å². The first kappa shape index (κ1) is 26.7. The van der Waals surface area contributed by atoms with Gasteiger partial charge >= 0.3 is 0 Å². The van der Waals surface area contributed by atoms with Gasteiger partial charge in [0.25, 0.3) is 0 Å². The number of carbonyl (C=O) groups is 2. The SMILES string of the molecule is C#C[C@@]1(CC)CC(=O)N(C(/C=C/COC)[C@@H]2C[C@H]2C(=O)N[C@@H]2c3ccccc3OC(C)(C)[C@H]2O)C(=N)N1. The molecule has 2 amide bonds. The summed E-state index contributed by atoms with van der Waals surface area (Å²) in [6.45, 7) is 5.80. The average molecular weight is 509 g/mol. The first-order chi connectivity index (χ1) is 17.6. The fourth-order valence-electron chi connectivity index (χ4n) is 5.28. The number of amides is 2. The van der Waals surface area contributed by atoms with Crippen molar-refractivity contribution in [3.63, 3.8) is 0 Å². The van der Waals surface area contributed by atoms with E-state index in [1.165, 1.54) is 4.90 Å². The average Bonchev–Trinajstić information content (AvgIpc) is 3.66. The van der Waals surface area contributed by atoms with Crippen LogP contribution in [0.5, 0.6) is 5.75 Å². The lowest BCUT2D eigenvalue weighted by molar-refractivity contribution is -0.132. The van der Waals surface area contributed by atoms with Gasteiger partial charge in [-0.2, -0.15) is 0 Å². The number of aliphatic hydroxyl groups excluding tert-OH is 1. The van der Waals surface area contributed by atoms with Gasteiger partial charge in [0, 0.05) is 18.6 Å². The van der Waals surface area contributed by atoms with E-state index in [-0.39, 0.29) is 36.0 Å². The number of carbonyl (C=O) groups excluding carboxylic acids is 2. The number of nitrogens with one attached hydrogen (secondary N) is 3. The molecule has 6 atom stereocenters. The molecule has 198 valence electrons. The maximum absolute atomic E-state index is 13.4. The number of hydrogen-bond acceptors (Lipinski definition) is 6. The maximum atomic E-state index is 13.4. The van der Waals surface area contributed by atoms with Crippen LogP contribution in [0.15, 0.2) is 36.4 Å². The van der Waals surface area contributed by atoms with Crippen molar-refractivity contribution in [1.29, 1.82) is 5.41 Å². The molecule has 0 aromatic heterocycles. The third kappa shape index (κ3) is 5.09. The van der Waals surface area contributed by atoms with Gasteiger partial charge in [-0.25, -0.2) is 0 Å². The highest BCUT2D eigenvalue weighted by Crippen LogP contribution is 2.46. The molecule has 9 nitrogen and oxygen atoms in total. The van der Waals surface area contributed by atoms with Crippen LogP contribution >= 0.6 is 0 Å².